The van der Waals surface area contributed by atoms with Gasteiger partial charge in [-0.15, -0.1) is 0 Å². The number of hydrogen-bond acceptors (Lipinski definition) is 5. The van der Waals surface area contributed by atoms with Crippen LogP contribution in [0, 0.1) is 18.3 Å². The molecular formula is C16H16N4O3S. The van der Waals surface area contributed by atoms with Crippen LogP contribution in [0.1, 0.15) is 22.3 Å². The number of hydrogen-bond donors (Lipinski definition) is 2. The van der Waals surface area contributed by atoms with Crippen LogP contribution in [0.2, 0.25) is 0 Å². The van der Waals surface area contributed by atoms with Crippen molar-refractivity contribution in [2.45, 2.75) is 18.2 Å². The smallest absolute Gasteiger partial charge is 0.256 e. The van der Waals surface area contributed by atoms with E-state index in [0.29, 0.717) is 11.4 Å². The van der Waals surface area contributed by atoms with Gasteiger partial charge in [0.25, 0.3) is 5.91 Å². The van der Waals surface area contributed by atoms with Gasteiger partial charge in [-0.05, 0) is 48.9 Å². The molecule has 0 unspecified atom stereocenters. The Hall–Kier alpha value is -2.76. The Morgan fingerprint density at radius 3 is 2.58 bits per heavy atom. The third kappa shape index (κ3) is 4.62. The fourth-order valence-corrected chi connectivity index (χ4v) is 2.93. The van der Waals surface area contributed by atoms with E-state index in [2.05, 4.69) is 15.0 Å². The zero-order valence-electron chi connectivity index (χ0n) is 13.0. The average Bonchev–Trinajstić information content (AvgIpc) is 2.55. The van der Waals surface area contributed by atoms with Gasteiger partial charge in [0.2, 0.25) is 10.0 Å². The monoisotopic (exact) mass is 344 g/mol. The molecule has 124 valence electrons. The van der Waals surface area contributed by atoms with Gasteiger partial charge in [0.1, 0.15) is 5.82 Å². The highest BCUT2D eigenvalue weighted by atomic mass is 32.2. The van der Waals surface area contributed by atoms with Crippen LogP contribution in [0.3, 0.4) is 0 Å². The number of anilines is 1. The second kappa shape index (κ2) is 7.68. The first-order valence-corrected chi connectivity index (χ1v) is 8.61. The zero-order valence-corrected chi connectivity index (χ0v) is 13.8. The molecule has 0 atom stereocenters. The van der Waals surface area contributed by atoms with Gasteiger partial charge in [-0.1, -0.05) is 0 Å². The van der Waals surface area contributed by atoms with Crippen LogP contribution in [0.15, 0.2) is 47.5 Å². The number of nitrogens with one attached hydrogen (secondary N) is 2. The first-order chi connectivity index (χ1) is 11.4. The van der Waals surface area contributed by atoms with Crippen molar-refractivity contribution in [2.24, 2.45) is 0 Å². The summed E-state index contributed by atoms with van der Waals surface area (Å²) in [5.41, 5.74) is 1.28. The minimum Gasteiger partial charge on any atom is -0.307 e. The molecule has 0 aliphatic carbocycles. The van der Waals surface area contributed by atoms with Crippen molar-refractivity contribution in [2.75, 3.05) is 11.9 Å². The molecule has 1 aromatic carbocycles. The lowest BCUT2D eigenvalue weighted by Crippen LogP contribution is -2.24. The molecule has 0 bridgehead atoms. The highest BCUT2D eigenvalue weighted by Crippen LogP contribution is 2.12. The highest BCUT2D eigenvalue weighted by molar-refractivity contribution is 7.89. The maximum absolute atomic E-state index is 12.1. The fourth-order valence-electron chi connectivity index (χ4n) is 1.90. The summed E-state index contributed by atoms with van der Waals surface area (Å²) in [6.45, 7) is 1.93. The van der Waals surface area contributed by atoms with E-state index < -0.39 is 10.0 Å². The lowest BCUT2D eigenvalue weighted by molar-refractivity contribution is 0.102. The molecule has 2 rings (SSSR count). The maximum atomic E-state index is 12.1. The van der Waals surface area contributed by atoms with Crippen molar-refractivity contribution in [3.63, 3.8) is 0 Å². The van der Waals surface area contributed by atoms with Crippen LogP contribution in [0.5, 0.6) is 0 Å². The summed E-state index contributed by atoms with van der Waals surface area (Å²) < 4.78 is 26.3. The predicted molar refractivity (Wildman–Crippen MR) is 88.8 cm³/mol. The van der Waals surface area contributed by atoms with Gasteiger partial charge in [-0.2, -0.15) is 5.26 Å². The highest BCUT2D eigenvalue weighted by Gasteiger charge is 2.14. The number of aryl methyl sites for hydroxylation is 1. The van der Waals surface area contributed by atoms with Crippen molar-refractivity contribution >= 4 is 21.7 Å². The first-order valence-electron chi connectivity index (χ1n) is 7.13. The minimum atomic E-state index is -3.68. The van der Waals surface area contributed by atoms with Crippen LogP contribution in [0.4, 0.5) is 5.82 Å². The van der Waals surface area contributed by atoms with Gasteiger partial charge in [-0.25, -0.2) is 18.1 Å². The summed E-state index contributed by atoms with van der Waals surface area (Å²) in [6.07, 6.45) is 1.68. The Balaban J connectivity index is 2.08. The Kier molecular flexibility index (Phi) is 5.63. The third-order valence-electron chi connectivity index (χ3n) is 3.11. The second-order valence-corrected chi connectivity index (χ2v) is 6.77. The molecule has 0 spiro atoms. The summed E-state index contributed by atoms with van der Waals surface area (Å²) >= 11 is 0. The number of nitriles is 1. The van der Waals surface area contributed by atoms with Crippen molar-refractivity contribution < 1.29 is 13.2 Å². The summed E-state index contributed by atoms with van der Waals surface area (Å²) in [5, 5.41) is 11.1. The molecule has 0 aliphatic rings. The van der Waals surface area contributed by atoms with Crippen molar-refractivity contribution in [1.29, 1.82) is 5.26 Å². The molecule has 1 aromatic heterocycles. The summed E-state index contributed by atoms with van der Waals surface area (Å²) in [5.74, 6) is 0.0457. The Bertz CT molecular complexity index is 871. The number of aromatic nitrogens is 1. The van der Waals surface area contributed by atoms with E-state index >= 15 is 0 Å². The van der Waals surface area contributed by atoms with Gasteiger partial charge in [0.15, 0.2) is 0 Å². The van der Waals surface area contributed by atoms with Gasteiger partial charge < -0.3 is 5.32 Å². The second-order valence-electron chi connectivity index (χ2n) is 5.00. The minimum absolute atomic E-state index is 0.0330. The molecule has 8 heteroatoms. The topological polar surface area (TPSA) is 112 Å². The lowest BCUT2D eigenvalue weighted by atomic mass is 10.2. The van der Waals surface area contributed by atoms with E-state index in [1.54, 1.807) is 12.3 Å². The van der Waals surface area contributed by atoms with Crippen LogP contribution >= 0.6 is 0 Å². The van der Waals surface area contributed by atoms with Gasteiger partial charge in [0, 0.05) is 24.7 Å². The molecule has 0 radical (unpaired) electrons. The van der Waals surface area contributed by atoms with Crippen LogP contribution < -0.4 is 10.0 Å². The average molecular weight is 344 g/mol. The standard InChI is InChI=1S/C16H16N4O3S/c1-12-7-10-18-15(11-12)20-16(21)13-3-5-14(6-4-13)24(22,23)19-9-2-8-17/h3-7,10-11,19H,2,9H2,1H3,(H,18,20,21). The van der Waals surface area contributed by atoms with E-state index in [1.807, 2.05) is 19.1 Å². The van der Waals surface area contributed by atoms with E-state index in [9.17, 15) is 13.2 Å². The van der Waals surface area contributed by atoms with Crippen LogP contribution in [-0.2, 0) is 10.0 Å². The summed E-state index contributed by atoms with van der Waals surface area (Å²) in [6, 6.07) is 10.9. The number of carbonyl (C=O) groups excluding carboxylic acids is 1. The number of amides is 1. The molecule has 0 fully saturated rings. The van der Waals surface area contributed by atoms with E-state index in [1.165, 1.54) is 24.3 Å². The normalized spacial score (nSPS) is 10.8. The van der Waals surface area contributed by atoms with E-state index in [-0.39, 0.29) is 23.8 Å². The van der Waals surface area contributed by atoms with Crippen molar-refractivity contribution in [3.8, 4) is 6.07 Å². The molecular weight excluding hydrogens is 328 g/mol. The van der Waals surface area contributed by atoms with E-state index in [4.69, 9.17) is 5.26 Å². The predicted octanol–water partition coefficient (Wildman–Crippen LogP) is 1.83. The van der Waals surface area contributed by atoms with Gasteiger partial charge in [-0.3, -0.25) is 4.79 Å². The molecule has 1 heterocycles. The quantitative estimate of drug-likeness (QED) is 0.777. The fraction of sp³-hybridized carbons (Fsp3) is 0.188. The number of benzene rings is 1. The summed E-state index contributed by atoms with van der Waals surface area (Å²) in [4.78, 5) is 16.2. The Labute approximate surface area is 140 Å². The Morgan fingerprint density at radius 1 is 1.25 bits per heavy atom. The number of rotatable bonds is 6. The molecule has 2 aromatic rings. The molecule has 24 heavy (non-hydrogen) atoms. The van der Waals surface area contributed by atoms with Gasteiger partial charge >= 0.3 is 0 Å². The zero-order chi connectivity index (χ0) is 17.6. The summed E-state index contributed by atoms with van der Waals surface area (Å²) in [7, 11) is -3.68. The molecule has 2 N–H and O–H groups in total. The molecule has 0 saturated heterocycles. The molecule has 1 amide bonds. The van der Waals surface area contributed by atoms with Crippen LogP contribution in [-0.4, -0.2) is 25.9 Å². The number of pyridine rings is 1. The SMILES string of the molecule is Cc1ccnc(NC(=O)c2ccc(S(=O)(=O)NCCC#N)cc2)c1. The molecule has 7 nitrogen and oxygen atoms in total. The molecule has 0 saturated carbocycles. The molecule has 0 aliphatic heterocycles. The third-order valence-corrected chi connectivity index (χ3v) is 4.59. The Morgan fingerprint density at radius 2 is 1.96 bits per heavy atom. The number of sulfonamides is 1. The van der Waals surface area contributed by atoms with Crippen molar-refractivity contribution in [1.82, 2.24) is 9.71 Å². The van der Waals surface area contributed by atoms with Crippen molar-refractivity contribution in [3.05, 3.63) is 53.7 Å². The number of nitrogens with zero attached hydrogens (tertiary/aromatic N) is 2. The lowest BCUT2D eigenvalue weighted by Gasteiger charge is -2.07. The first kappa shape index (κ1) is 17.6. The number of carbonyl (C=O) groups is 1. The largest absolute Gasteiger partial charge is 0.307 e. The maximum Gasteiger partial charge on any atom is 0.256 e. The van der Waals surface area contributed by atoms with Crippen LogP contribution in [0.25, 0.3) is 0 Å². The van der Waals surface area contributed by atoms with Gasteiger partial charge in [0.05, 0.1) is 11.0 Å². The van der Waals surface area contributed by atoms with E-state index in [0.717, 1.165) is 5.56 Å².